The number of halogens is 1. The van der Waals surface area contributed by atoms with Crippen molar-refractivity contribution in [3.63, 3.8) is 0 Å². The highest BCUT2D eigenvalue weighted by Gasteiger charge is 2.62. The first-order valence-corrected chi connectivity index (χ1v) is 11.0. The molecule has 0 saturated heterocycles. The van der Waals surface area contributed by atoms with Crippen LogP contribution in [0.1, 0.15) is 17.9 Å². The van der Waals surface area contributed by atoms with Gasteiger partial charge in [0, 0.05) is 28.9 Å². The summed E-state index contributed by atoms with van der Waals surface area (Å²) in [6, 6.07) is 16.6. The molecular formula is C21H18ClN3O3S2. The van der Waals surface area contributed by atoms with Gasteiger partial charge in [-0.05, 0) is 24.1 Å². The van der Waals surface area contributed by atoms with Crippen molar-refractivity contribution in [1.82, 2.24) is 14.3 Å². The van der Waals surface area contributed by atoms with Crippen molar-refractivity contribution in [2.24, 2.45) is 0 Å². The number of thiol groups is 1. The maximum Gasteiger partial charge on any atom is 0.325 e. The first-order valence-electron chi connectivity index (χ1n) is 9.07. The van der Waals surface area contributed by atoms with E-state index in [0.29, 0.717) is 11.4 Å². The summed E-state index contributed by atoms with van der Waals surface area (Å²) in [7, 11) is -1.80. The number of carboxylic acid groups (broad SMARTS) is 1. The average molecular weight is 460 g/mol. The van der Waals surface area contributed by atoms with Gasteiger partial charge in [0.05, 0.1) is 12.0 Å². The standard InChI is InChI=1S/C21H18ClN3O3S2/c22-16-8-6-15(7-9-16)18-11-25(13-23-18)12-19(29)30(28)24-21(20(26)27)10-17(21)14-4-2-1-3-5-14/h1-9,11-13,17,24,29H,10H2,(H,26,27)/b19-12+. The van der Waals surface area contributed by atoms with Crippen molar-refractivity contribution < 1.29 is 14.1 Å². The lowest BCUT2D eigenvalue weighted by molar-refractivity contribution is -0.140. The molecule has 2 aromatic carbocycles. The first-order chi connectivity index (χ1) is 14.4. The Morgan fingerprint density at radius 2 is 1.97 bits per heavy atom. The fraction of sp³-hybridized carbons (Fsp3) is 0.143. The molecule has 1 aliphatic rings. The number of aromatic nitrogens is 2. The summed E-state index contributed by atoms with van der Waals surface area (Å²) in [4.78, 5) is 16.2. The van der Waals surface area contributed by atoms with Gasteiger partial charge in [-0.1, -0.05) is 54.1 Å². The second-order valence-electron chi connectivity index (χ2n) is 7.00. The number of rotatable bonds is 7. The molecule has 2 N–H and O–H groups in total. The van der Waals surface area contributed by atoms with Gasteiger partial charge in [-0.15, -0.1) is 12.6 Å². The lowest BCUT2D eigenvalue weighted by atomic mass is 10.1. The van der Waals surface area contributed by atoms with Crippen LogP contribution < -0.4 is 4.72 Å². The molecule has 0 aliphatic heterocycles. The van der Waals surface area contributed by atoms with Crippen LogP contribution in [0.4, 0.5) is 0 Å². The summed E-state index contributed by atoms with van der Waals surface area (Å²) >= 11 is 10.2. The van der Waals surface area contributed by atoms with E-state index < -0.39 is 22.5 Å². The molecule has 1 aliphatic carbocycles. The molecule has 3 unspecified atom stereocenters. The van der Waals surface area contributed by atoms with E-state index in [9.17, 15) is 14.1 Å². The van der Waals surface area contributed by atoms with Crippen LogP contribution in [0, 0.1) is 0 Å². The normalized spacial score (nSPS) is 21.9. The van der Waals surface area contributed by atoms with Crippen molar-refractivity contribution >= 4 is 47.4 Å². The van der Waals surface area contributed by atoms with Crippen LogP contribution >= 0.6 is 24.2 Å². The quantitative estimate of drug-likeness (QED) is 0.463. The molecule has 1 aromatic heterocycles. The number of aliphatic carboxylic acids is 1. The number of carboxylic acids is 1. The fourth-order valence-corrected chi connectivity index (χ4v) is 4.68. The third-order valence-corrected chi connectivity index (χ3v) is 6.91. The van der Waals surface area contributed by atoms with Crippen LogP contribution in [-0.4, -0.2) is 30.4 Å². The van der Waals surface area contributed by atoms with Gasteiger partial charge < -0.3 is 9.67 Å². The molecule has 0 amide bonds. The van der Waals surface area contributed by atoms with E-state index in [2.05, 4.69) is 22.3 Å². The van der Waals surface area contributed by atoms with Crippen molar-refractivity contribution in [2.75, 3.05) is 0 Å². The monoisotopic (exact) mass is 459 g/mol. The number of hydrogen-bond acceptors (Lipinski definition) is 4. The minimum absolute atomic E-state index is 0.189. The molecule has 3 aromatic rings. The van der Waals surface area contributed by atoms with E-state index in [4.69, 9.17) is 11.6 Å². The van der Waals surface area contributed by atoms with E-state index in [1.807, 2.05) is 42.5 Å². The molecule has 3 atom stereocenters. The smallest absolute Gasteiger partial charge is 0.325 e. The molecule has 154 valence electrons. The van der Waals surface area contributed by atoms with Gasteiger partial charge in [0.2, 0.25) is 0 Å². The minimum Gasteiger partial charge on any atom is -0.480 e. The van der Waals surface area contributed by atoms with E-state index in [1.165, 1.54) is 6.20 Å². The summed E-state index contributed by atoms with van der Waals surface area (Å²) < 4.78 is 17.3. The zero-order valence-electron chi connectivity index (χ0n) is 15.6. The summed E-state index contributed by atoms with van der Waals surface area (Å²) in [6.45, 7) is 0. The molecule has 6 nitrogen and oxygen atoms in total. The summed E-state index contributed by atoms with van der Waals surface area (Å²) in [5.41, 5.74) is 1.24. The van der Waals surface area contributed by atoms with Crippen LogP contribution in [-0.2, 0) is 15.8 Å². The number of nitrogens with one attached hydrogen (secondary N) is 1. The molecule has 0 radical (unpaired) electrons. The third-order valence-electron chi connectivity index (χ3n) is 5.01. The van der Waals surface area contributed by atoms with Crippen LogP contribution in [0.2, 0.25) is 5.02 Å². The molecular weight excluding hydrogens is 442 g/mol. The predicted octanol–water partition coefficient (Wildman–Crippen LogP) is 4.15. The van der Waals surface area contributed by atoms with Gasteiger partial charge in [0.25, 0.3) is 0 Å². The second kappa shape index (κ2) is 8.39. The minimum atomic E-state index is -1.80. The highest BCUT2D eigenvalue weighted by atomic mass is 35.5. The Bertz CT molecular complexity index is 1130. The predicted molar refractivity (Wildman–Crippen MR) is 121 cm³/mol. The first kappa shape index (κ1) is 20.9. The highest BCUT2D eigenvalue weighted by molar-refractivity contribution is 8.06. The molecule has 1 saturated carbocycles. The van der Waals surface area contributed by atoms with Crippen molar-refractivity contribution in [3.05, 3.63) is 81.9 Å². The maximum atomic E-state index is 12.7. The Balaban J connectivity index is 1.49. The Morgan fingerprint density at radius 1 is 1.27 bits per heavy atom. The molecule has 4 rings (SSSR count). The second-order valence-corrected chi connectivity index (χ2v) is 9.40. The van der Waals surface area contributed by atoms with Gasteiger partial charge in [-0.25, -0.2) is 13.9 Å². The zero-order valence-corrected chi connectivity index (χ0v) is 18.1. The van der Waals surface area contributed by atoms with Crippen LogP contribution in [0.5, 0.6) is 0 Å². The Morgan fingerprint density at radius 3 is 2.63 bits per heavy atom. The van der Waals surface area contributed by atoms with Gasteiger partial charge in [0.15, 0.2) is 0 Å². The van der Waals surface area contributed by atoms with E-state index in [0.717, 1.165) is 16.8 Å². The van der Waals surface area contributed by atoms with E-state index in [-0.39, 0.29) is 10.2 Å². The number of imidazole rings is 1. The van der Waals surface area contributed by atoms with Gasteiger partial charge in [0.1, 0.15) is 20.8 Å². The molecule has 1 fully saturated rings. The molecule has 1 heterocycles. The largest absolute Gasteiger partial charge is 0.480 e. The van der Waals surface area contributed by atoms with E-state index in [1.54, 1.807) is 29.2 Å². The Hall–Kier alpha value is -2.39. The summed E-state index contributed by atoms with van der Waals surface area (Å²) in [6.07, 6.45) is 5.22. The van der Waals surface area contributed by atoms with Crippen molar-refractivity contribution in [3.8, 4) is 11.3 Å². The molecule has 0 spiro atoms. The number of carbonyl (C=O) groups is 1. The summed E-state index contributed by atoms with van der Waals surface area (Å²) in [5.74, 6) is -1.27. The fourth-order valence-electron chi connectivity index (χ4n) is 3.31. The topological polar surface area (TPSA) is 84.2 Å². The van der Waals surface area contributed by atoms with Gasteiger partial charge in [-0.2, -0.15) is 0 Å². The van der Waals surface area contributed by atoms with Crippen LogP contribution in [0.25, 0.3) is 17.5 Å². The number of hydrogen-bond donors (Lipinski definition) is 3. The summed E-state index contributed by atoms with van der Waals surface area (Å²) in [5, 5.41) is 10.4. The maximum absolute atomic E-state index is 12.7. The van der Waals surface area contributed by atoms with E-state index >= 15 is 0 Å². The molecule has 30 heavy (non-hydrogen) atoms. The third kappa shape index (κ3) is 4.22. The van der Waals surface area contributed by atoms with Crippen molar-refractivity contribution in [1.29, 1.82) is 0 Å². The van der Waals surface area contributed by atoms with Crippen LogP contribution in [0.3, 0.4) is 0 Å². The average Bonchev–Trinajstić information content (AvgIpc) is 3.29. The highest BCUT2D eigenvalue weighted by Crippen LogP contribution is 2.52. The molecule has 9 heteroatoms. The van der Waals surface area contributed by atoms with Crippen LogP contribution in [0.15, 0.2) is 71.4 Å². The van der Waals surface area contributed by atoms with Crippen molar-refractivity contribution in [2.45, 2.75) is 17.9 Å². The Kier molecular flexibility index (Phi) is 5.84. The lowest BCUT2D eigenvalue weighted by Gasteiger charge is -2.14. The zero-order chi connectivity index (χ0) is 21.3. The van der Waals surface area contributed by atoms with Gasteiger partial charge in [-0.3, -0.25) is 4.79 Å². The lowest BCUT2D eigenvalue weighted by Crippen LogP contribution is -2.41. The Labute approximate surface area is 186 Å². The SMILES string of the molecule is O=C(O)C1(NS(=O)/C(S)=C/n2cnc(-c3ccc(Cl)cc3)c2)CC1c1ccccc1. The number of nitrogens with zero attached hydrogens (tertiary/aromatic N) is 2. The number of benzene rings is 2. The molecule has 0 bridgehead atoms. The van der Waals surface area contributed by atoms with Gasteiger partial charge >= 0.3 is 5.97 Å².